The highest BCUT2D eigenvalue weighted by atomic mass is 14.6. The molecule has 0 radical (unpaired) electrons. The van der Waals surface area contributed by atoms with Gasteiger partial charge >= 0.3 is 0 Å². The molecule has 78 valence electrons. The fourth-order valence-electron chi connectivity index (χ4n) is 1.57. The first kappa shape index (κ1) is 11.3. The maximum Gasteiger partial charge on any atom is 0.00106 e. The topological polar surface area (TPSA) is 26.0 Å². The summed E-state index contributed by atoms with van der Waals surface area (Å²) in [6, 6.07) is 9.13. The van der Waals surface area contributed by atoms with Crippen molar-refractivity contribution in [3.05, 3.63) is 35.4 Å². The average molecular weight is 191 g/mol. The lowest BCUT2D eigenvalue weighted by molar-refractivity contribution is 0.569. The van der Waals surface area contributed by atoms with E-state index in [9.17, 15) is 0 Å². The van der Waals surface area contributed by atoms with Crippen molar-refractivity contribution >= 4 is 0 Å². The predicted octanol–water partition coefficient (Wildman–Crippen LogP) is 3.23. The molecule has 2 N–H and O–H groups in total. The van der Waals surface area contributed by atoms with E-state index < -0.39 is 0 Å². The van der Waals surface area contributed by atoms with Crippen molar-refractivity contribution in [3.8, 4) is 0 Å². The van der Waals surface area contributed by atoms with Crippen molar-refractivity contribution < 1.29 is 0 Å². The monoisotopic (exact) mass is 191 g/mol. The van der Waals surface area contributed by atoms with Gasteiger partial charge in [0.25, 0.3) is 0 Å². The summed E-state index contributed by atoms with van der Waals surface area (Å²) in [6.45, 7) is 6.46. The standard InChI is InChI=1S/C13H21N/c1-10-4-8-13(9-5-10)11(2)6-7-12(3)14/h4-5,8-9,11-12H,6-7,14H2,1-3H3. The van der Waals surface area contributed by atoms with Gasteiger partial charge in [0.2, 0.25) is 0 Å². The Balaban J connectivity index is 2.52. The van der Waals surface area contributed by atoms with Crippen molar-refractivity contribution in [3.63, 3.8) is 0 Å². The molecule has 14 heavy (non-hydrogen) atoms. The Morgan fingerprint density at radius 2 is 1.64 bits per heavy atom. The zero-order chi connectivity index (χ0) is 10.6. The van der Waals surface area contributed by atoms with Gasteiger partial charge in [0.1, 0.15) is 0 Å². The summed E-state index contributed by atoms with van der Waals surface area (Å²) in [7, 11) is 0. The average Bonchev–Trinajstić information content (AvgIpc) is 2.15. The molecule has 0 amide bonds. The van der Waals surface area contributed by atoms with Gasteiger partial charge in [-0.3, -0.25) is 0 Å². The van der Waals surface area contributed by atoms with Crippen LogP contribution in [0.25, 0.3) is 0 Å². The third-order valence-electron chi connectivity index (χ3n) is 2.70. The molecule has 1 heteroatoms. The second kappa shape index (κ2) is 5.16. The van der Waals surface area contributed by atoms with E-state index in [4.69, 9.17) is 5.73 Å². The molecule has 1 aromatic carbocycles. The van der Waals surface area contributed by atoms with Crippen LogP contribution in [0.5, 0.6) is 0 Å². The Labute approximate surface area is 87.3 Å². The van der Waals surface area contributed by atoms with E-state index in [1.165, 1.54) is 17.5 Å². The van der Waals surface area contributed by atoms with Gasteiger partial charge in [0, 0.05) is 6.04 Å². The van der Waals surface area contributed by atoms with Gasteiger partial charge in [-0.2, -0.15) is 0 Å². The lowest BCUT2D eigenvalue weighted by Crippen LogP contribution is -2.15. The van der Waals surface area contributed by atoms with Crippen molar-refractivity contribution in [2.75, 3.05) is 0 Å². The summed E-state index contributed by atoms with van der Waals surface area (Å²) < 4.78 is 0. The highest BCUT2D eigenvalue weighted by Crippen LogP contribution is 2.21. The van der Waals surface area contributed by atoms with E-state index in [0.29, 0.717) is 12.0 Å². The van der Waals surface area contributed by atoms with E-state index in [2.05, 4.69) is 45.0 Å². The van der Waals surface area contributed by atoms with E-state index in [1.807, 2.05) is 0 Å². The van der Waals surface area contributed by atoms with Gasteiger partial charge in [-0.15, -0.1) is 0 Å². The first-order chi connectivity index (χ1) is 6.59. The Kier molecular flexibility index (Phi) is 4.15. The Bertz CT molecular complexity index is 261. The van der Waals surface area contributed by atoms with E-state index in [0.717, 1.165) is 6.42 Å². The largest absolute Gasteiger partial charge is 0.328 e. The molecule has 0 aliphatic heterocycles. The summed E-state index contributed by atoms with van der Waals surface area (Å²) in [6.07, 6.45) is 2.29. The first-order valence-electron chi connectivity index (χ1n) is 5.41. The second-order valence-electron chi connectivity index (χ2n) is 4.37. The Morgan fingerprint density at radius 3 is 2.14 bits per heavy atom. The molecule has 0 saturated carbocycles. The molecule has 0 bridgehead atoms. The molecule has 1 aromatic rings. The van der Waals surface area contributed by atoms with Crippen LogP contribution in [-0.4, -0.2) is 6.04 Å². The molecule has 0 fully saturated rings. The maximum absolute atomic E-state index is 5.74. The van der Waals surface area contributed by atoms with Crippen molar-refractivity contribution in [2.45, 2.75) is 45.6 Å². The number of benzene rings is 1. The molecule has 1 rings (SSSR count). The van der Waals surface area contributed by atoms with Crippen LogP contribution in [0.4, 0.5) is 0 Å². The van der Waals surface area contributed by atoms with Crippen LogP contribution in [0, 0.1) is 6.92 Å². The van der Waals surface area contributed by atoms with Gasteiger partial charge in [-0.25, -0.2) is 0 Å². The highest BCUT2D eigenvalue weighted by molar-refractivity contribution is 5.23. The number of nitrogens with two attached hydrogens (primary N) is 1. The number of hydrogen-bond donors (Lipinski definition) is 1. The minimum Gasteiger partial charge on any atom is -0.328 e. The number of aryl methyl sites for hydroxylation is 1. The molecule has 0 aromatic heterocycles. The minimum atomic E-state index is 0.322. The maximum atomic E-state index is 5.74. The minimum absolute atomic E-state index is 0.322. The predicted molar refractivity (Wildman–Crippen MR) is 62.5 cm³/mol. The zero-order valence-corrected chi connectivity index (χ0v) is 9.46. The smallest absolute Gasteiger partial charge is 0.00106 e. The van der Waals surface area contributed by atoms with Crippen LogP contribution in [0.1, 0.15) is 43.7 Å². The van der Waals surface area contributed by atoms with Crippen LogP contribution in [0.15, 0.2) is 24.3 Å². The molecule has 0 aliphatic carbocycles. The third kappa shape index (κ3) is 3.51. The fourth-order valence-corrected chi connectivity index (χ4v) is 1.57. The Hall–Kier alpha value is -0.820. The van der Waals surface area contributed by atoms with E-state index in [-0.39, 0.29) is 0 Å². The molecule has 0 saturated heterocycles. The van der Waals surface area contributed by atoms with Gasteiger partial charge in [-0.05, 0) is 38.2 Å². The lowest BCUT2D eigenvalue weighted by Gasteiger charge is -2.13. The third-order valence-corrected chi connectivity index (χ3v) is 2.70. The van der Waals surface area contributed by atoms with Crippen LogP contribution < -0.4 is 5.73 Å². The Morgan fingerprint density at radius 1 is 1.07 bits per heavy atom. The van der Waals surface area contributed by atoms with Crippen molar-refractivity contribution in [2.24, 2.45) is 5.73 Å². The lowest BCUT2D eigenvalue weighted by atomic mass is 9.94. The zero-order valence-electron chi connectivity index (χ0n) is 9.46. The quantitative estimate of drug-likeness (QED) is 0.777. The van der Waals surface area contributed by atoms with Crippen molar-refractivity contribution in [1.82, 2.24) is 0 Å². The van der Waals surface area contributed by atoms with Crippen LogP contribution >= 0.6 is 0 Å². The molecule has 2 atom stereocenters. The molecule has 2 unspecified atom stereocenters. The van der Waals surface area contributed by atoms with E-state index >= 15 is 0 Å². The summed E-state index contributed by atoms with van der Waals surface area (Å²) in [5.41, 5.74) is 8.50. The molecular formula is C13H21N. The first-order valence-corrected chi connectivity index (χ1v) is 5.41. The molecule has 0 aliphatic rings. The summed E-state index contributed by atoms with van der Waals surface area (Å²) >= 11 is 0. The molecule has 0 heterocycles. The van der Waals surface area contributed by atoms with Gasteiger partial charge in [0.15, 0.2) is 0 Å². The van der Waals surface area contributed by atoms with Crippen LogP contribution in [0.2, 0.25) is 0 Å². The fraction of sp³-hybridized carbons (Fsp3) is 0.538. The summed E-state index contributed by atoms with van der Waals surface area (Å²) in [4.78, 5) is 0. The molecular weight excluding hydrogens is 170 g/mol. The highest BCUT2D eigenvalue weighted by Gasteiger charge is 2.05. The van der Waals surface area contributed by atoms with E-state index in [1.54, 1.807) is 0 Å². The number of hydrogen-bond acceptors (Lipinski definition) is 1. The number of rotatable bonds is 4. The SMILES string of the molecule is Cc1ccc(C(C)CCC(C)N)cc1. The normalized spacial score (nSPS) is 15.1. The summed E-state index contributed by atoms with van der Waals surface area (Å²) in [5.74, 6) is 0.626. The van der Waals surface area contributed by atoms with Gasteiger partial charge in [-0.1, -0.05) is 36.8 Å². The van der Waals surface area contributed by atoms with Gasteiger partial charge < -0.3 is 5.73 Å². The van der Waals surface area contributed by atoms with Crippen LogP contribution in [0.3, 0.4) is 0 Å². The second-order valence-corrected chi connectivity index (χ2v) is 4.37. The van der Waals surface area contributed by atoms with Crippen LogP contribution in [-0.2, 0) is 0 Å². The van der Waals surface area contributed by atoms with Gasteiger partial charge in [0.05, 0.1) is 0 Å². The molecule has 1 nitrogen and oxygen atoms in total. The molecule has 0 spiro atoms. The summed E-state index contributed by atoms with van der Waals surface area (Å²) in [5, 5.41) is 0. The van der Waals surface area contributed by atoms with Crippen molar-refractivity contribution in [1.29, 1.82) is 0 Å².